The van der Waals surface area contributed by atoms with E-state index >= 15 is 0 Å². The van der Waals surface area contributed by atoms with Crippen LogP contribution in [0.25, 0.3) is 0 Å². The molecule has 0 radical (unpaired) electrons. The lowest BCUT2D eigenvalue weighted by atomic mass is 9.95. The number of hydrogen-bond donors (Lipinski definition) is 3. The van der Waals surface area contributed by atoms with Crippen LogP contribution in [0.5, 0.6) is 5.75 Å². The van der Waals surface area contributed by atoms with E-state index in [1.807, 2.05) is 0 Å². The van der Waals surface area contributed by atoms with Gasteiger partial charge in [0.25, 0.3) is 0 Å². The highest BCUT2D eigenvalue weighted by Crippen LogP contribution is 2.29. The minimum Gasteiger partial charge on any atom is -0.487 e. The number of hydrogen-bond acceptors (Lipinski definition) is 8. The van der Waals surface area contributed by atoms with Gasteiger partial charge in [0.05, 0.1) is 37.5 Å². The Kier molecular flexibility index (Phi) is 11.1. The number of urea groups is 1. The van der Waals surface area contributed by atoms with Crippen LogP contribution < -0.4 is 20.7 Å². The minimum absolute atomic E-state index is 0.0517. The van der Waals surface area contributed by atoms with Crippen LogP contribution in [-0.4, -0.2) is 45.8 Å². The largest absolute Gasteiger partial charge is 0.487 e. The van der Waals surface area contributed by atoms with Crippen molar-refractivity contribution in [3.8, 4) is 5.75 Å². The molecule has 0 saturated heterocycles. The molecule has 48 heavy (non-hydrogen) atoms. The van der Waals surface area contributed by atoms with Gasteiger partial charge in [-0.15, -0.1) is 5.10 Å². The lowest BCUT2D eigenvalue weighted by Crippen LogP contribution is -2.45. The summed E-state index contributed by atoms with van der Waals surface area (Å²) in [5.74, 6) is -0.415. The standard InChI is InChI=1S/C34H32Cl2N6O6/c1-20-31(33(45)47-2)32(39-34(46)37-20)23-7-13-27(14-8-23)48-19-26-18-42(41-40-26)16-15-30(44)38-28(21-3-9-24(35)10-4-21)17-29(43)22-5-11-25(36)12-6-22/h3-14,18,28,32H,15-17,19H2,1-2H3,(H,38,44)(H2,37,39,46). The number of nitrogens with one attached hydrogen (secondary N) is 3. The van der Waals surface area contributed by atoms with Gasteiger partial charge in [-0.1, -0.05) is 52.7 Å². The number of esters is 1. The van der Waals surface area contributed by atoms with Gasteiger partial charge in [0, 0.05) is 34.1 Å². The van der Waals surface area contributed by atoms with Gasteiger partial charge in [-0.05, 0) is 66.6 Å². The molecule has 1 aliphatic heterocycles. The summed E-state index contributed by atoms with van der Waals surface area (Å²) in [6.45, 7) is 2.01. The van der Waals surface area contributed by atoms with Crippen LogP contribution in [-0.2, 0) is 27.5 Å². The Hall–Kier alpha value is -5.20. The molecule has 2 heterocycles. The summed E-state index contributed by atoms with van der Waals surface area (Å²) < 4.78 is 12.3. The smallest absolute Gasteiger partial charge is 0.337 e. The average molecular weight is 692 g/mol. The molecule has 1 aromatic heterocycles. The number of ketones is 1. The molecular weight excluding hydrogens is 659 g/mol. The number of methoxy groups -OCH3 is 1. The first-order valence-corrected chi connectivity index (χ1v) is 15.7. The van der Waals surface area contributed by atoms with Crippen molar-refractivity contribution in [2.75, 3.05) is 7.11 Å². The van der Waals surface area contributed by atoms with E-state index in [0.717, 1.165) is 5.56 Å². The zero-order valence-corrected chi connectivity index (χ0v) is 27.5. The van der Waals surface area contributed by atoms with E-state index < -0.39 is 24.1 Å². The number of ether oxygens (including phenoxy) is 2. The van der Waals surface area contributed by atoms with Crippen molar-refractivity contribution in [1.29, 1.82) is 0 Å². The summed E-state index contributed by atoms with van der Waals surface area (Å²) in [4.78, 5) is 50.4. The number of aryl methyl sites for hydroxylation is 1. The Labute approximate surface area is 286 Å². The summed E-state index contributed by atoms with van der Waals surface area (Å²) in [5.41, 5.74) is 3.19. The van der Waals surface area contributed by atoms with Gasteiger partial charge < -0.3 is 25.4 Å². The molecule has 3 amide bonds. The maximum Gasteiger partial charge on any atom is 0.337 e. The summed E-state index contributed by atoms with van der Waals surface area (Å²) in [7, 11) is 1.28. The molecule has 5 rings (SSSR count). The summed E-state index contributed by atoms with van der Waals surface area (Å²) in [6.07, 6.45) is 1.83. The van der Waals surface area contributed by atoms with Crippen LogP contribution >= 0.6 is 23.2 Å². The van der Waals surface area contributed by atoms with E-state index in [2.05, 4.69) is 26.3 Å². The first-order valence-electron chi connectivity index (χ1n) is 14.9. The third kappa shape index (κ3) is 8.78. The van der Waals surface area contributed by atoms with Crippen molar-refractivity contribution in [2.24, 2.45) is 0 Å². The van der Waals surface area contributed by atoms with Crippen molar-refractivity contribution in [2.45, 2.75) is 45.0 Å². The van der Waals surface area contributed by atoms with Crippen LogP contribution in [0.1, 0.15) is 59.0 Å². The number of rotatable bonds is 13. The van der Waals surface area contributed by atoms with Crippen molar-refractivity contribution < 1.29 is 28.7 Å². The Morgan fingerprint density at radius 3 is 2.31 bits per heavy atom. The number of aromatic nitrogens is 3. The first-order chi connectivity index (χ1) is 23.1. The Morgan fingerprint density at radius 1 is 0.979 bits per heavy atom. The highest BCUT2D eigenvalue weighted by molar-refractivity contribution is 6.30. The van der Waals surface area contributed by atoms with Gasteiger partial charge >= 0.3 is 12.0 Å². The van der Waals surface area contributed by atoms with Crippen LogP contribution in [0, 0.1) is 0 Å². The summed E-state index contributed by atoms with van der Waals surface area (Å²) in [6, 6.07) is 18.9. The molecule has 4 aromatic rings. The van der Waals surface area contributed by atoms with Crippen molar-refractivity contribution >= 4 is 46.9 Å². The Bertz CT molecular complexity index is 1820. The van der Waals surface area contributed by atoms with E-state index in [-0.39, 0.29) is 37.7 Å². The number of amides is 3. The molecule has 3 aromatic carbocycles. The van der Waals surface area contributed by atoms with Gasteiger partial charge in [0.15, 0.2) is 5.78 Å². The third-order valence-corrected chi connectivity index (χ3v) is 8.10. The predicted octanol–water partition coefficient (Wildman–Crippen LogP) is 5.49. The van der Waals surface area contributed by atoms with E-state index in [0.29, 0.717) is 43.9 Å². The number of halogens is 2. The zero-order valence-electron chi connectivity index (χ0n) is 26.0. The molecule has 0 bridgehead atoms. The third-order valence-electron chi connectivity index (χ3n) is 7.59. The molecule has 0 saturated carbocycles. The number of allylic oxidation sites excluding steroid dienone is 1. The molecule has 0 fully saturated rings. The molecule has 3 N–H and O–H groups in total. The van der Waals surface area contributed by atoms with Gasteiger partial charge in [-0.25, -0.2) is 9.59 Å². The maximum absolute atomic E-state index is 13.0. The molecule has 248 valence electrons. The quantitative estimate of drug-likeness (QED) is 0.123. The van der Waals surface area contributed by atoms with Gasteiger partial charge in [0.2, 0.25) is 5.91 Å². The molecule has 1 aliphatic rings. The zero-order chi connectivity index (χ0) is 34.2. The van der Waals surface area contributed by atoms with Crippen LogP contribution in [0.4, 0.5) is 4.79 Å². The highest BCUT2D eigenvalue weighted by atomic mass is 35.5. The molecule has 0 spiro atoms. The summed E-state index contributed by atoms with van der Waals surface area (Å²) >= 11 is 12.0. The SMILES string of the molecule is COC(=O)C1=C(C)NC(=O)NC1c1ccc(OCc2cn(CCC(=O)NC(CC(=O)c3ccc(Cl)cc3)c3ccc(Cl)cc3)nn2)cc1. The monoisotopic (exact) mass is 690 g/mol. The number of carbonyl (C=O) groups excluding carboxylic acids is 4. The number of carbonyl (C=O) groups is 4. The number of Topliss-reactive ketones (excluding diaryl/α,β-unsaturated/α-hetero) is 1. The maximum atomic E-state index is 13.0. The van der Waals surface area contributed by atoms with E-state index in [4.69, 9.17) is 32.7 Å². The number of nitrogens with zero attached hydrogens (tertiary/aromatic N) is 3. The second-order valence-electron chi connectivity index (χ2n) is 10.9. The molecule has 14 heteroatoms. The topological polar surface area (TPSA) is 154 Å². The fourth-order valence-corrected chi connectivity index (χ4v) is 5.37. The predicted molar refractivity (Wildman–Crippen MR) is 177 cm³/mol. The lowest BCUT2D eigenvalue weighted by molar-refractivity contribution is -0.136. The Balaban J connectivity index is 1.15. The molecule has 0 aliphatic carbocycles. The lowest BCUT2D eigenvalue weighted by Gasteiger charge is -2.27. The molecule has 2 unspecified atom stereocenters. The van der Waals surface area contributed by atoms with E-state index in [1.165, 1.54) is 7.11 Å². The molecule has 2 atom stereocenters. The van der Waals surface area contributed by atoms with Gasteiger partial charge in [-0.2, -0.15) is 0 Å². The highest BCUT2D eigenvalue weighted by Gasteiger charge is 2.31. The van der Waals surface area contributed by atoms with Gasteiger partial charge in [-0.3, -0.25) is 14.3 Å². The second kappa shape index (κ2) is 15.6. The van der Waals surface area contributed by atoms with Crippen molar-refractivity contribution in [3.05, 3.63) is 123 Å². The van der Waals surface area contributed by atoms with Gasteiger partial charge in [0.1, 0.15) is 18.1 Å². The first kappa shape index (κ1) is 34.1. The fraction of sp³-hybridized carbons (Fsp3) is 0.235. The average Bonchev–Trinajstić information content (AvgIpc) is 3.54. The van der Waals surface area contributed by atoms with Crippen LogP contribution in [0.15, 0.2) is 90.3 Å². The van der Waals surface area contributed by atoms with Crippen molar-refractivity contribution in [1.82, 2.24) is 30.9 Å². The molecule has 12 nitrogen and oxygen atoms in total. The number of benzene rings is 3. The van der Waals surface area contributed by atoms with E-state index in [9.17, 15) is 19.2 Å². The second-order valence-corrected chi connectivity index (χ2v) is 11.8. The van der Waals surface area contributed by atoms with Crippen LogP contribution in [0.3, 0.4) is 0 Å². The Morgan fingerprint density at radius 2 is 1.65 bits per heavy atom. The normalized spacial score (nSPS) is 14.8. The van der Waals surface area contributed by atoms with Crippen LogP contribution in [0.2, 0.25) is 10.0 Å². The summed E-state index contributed by atoms with van der Waals surface area (Å²) in [5, 5.41) is 17.6. The van der Waals surface area contributed by atoms with E-state index in [1.54, 1.807) is 90.6 Å². The molecular formula is C34H32Cl2N6O6. The fourth-order valence-electron chi connectivity index (χ4n) is 5.12. The minimum atomic E-state index is -0.678. The van der Waals surface area contributed by atoms with Crippen molar-refractivity contribution in [3.63, 3.8) is 0 Å².